The Morgan fingerprint density at radius 2 is 0.937 bits per heavy atom. The summed E-state index contributed by atoms with van der Waals surface area (Å²) in [6.45, 7) is 4.06. The number of rotatable bonds is 41. The molecule has 0 aliphatic heterocycles. The van der Waals surface area contributed by atoms with Gasteiger partial charge in [0.2, 0.25) is 0 Å². The molecule has 1 aliphatic carbocycles. The van der Waals surface area contributed by atoms with Crippen LogP contribution in [0.3, 0.4) is 0 Å². The number of aliphatic hydroxyl groups excluding tert-OH is 5. The minimum Gasteiger partial charge on any atom is -0.457 e. The fourth-order valence-electron chi connectivity index (χ4n) is 7.26. The Hall–Kier alpha value is -1.96. The lowest BCUT2D eigenvalue weighted by molar-refractivity contribution is -0.220. The number of carbonyl (C=O) groups is 1. The monoisotopic (exact) mass is 913 g/mol. The smallest absolute Gasteiger partial charge is 0.457 e. The quantitative estimate of drug-likeness (QED) is 0.0147. The number of unbranched alkanes of at least 4 members (excludes halogenated alkanes) is 19. The topological polar surface area (TPSA) is 192 Å². The second-order valence-electron chi connectivity index (χ2n) is 16.9. The van der Waals surface area contributed by atoms with Crippen molar-refractivity contribution >= 4 is 13.8 Å². The van der Waals surface area contributed by atoms with Gasteiger partial charge in [-0.25, -0.2) is 4.57 Å². The minimum absolute atomic E-state index is 0.106. The maximum atomic E-state index is 12.8. The highest BCUT2D eigenvalue weighted by atomic mass is 31.2. The molecule has 0 aromatic carbocycles. The van der Waals surface area contributed by atoms with Gasteiger partial charge < -0.3 is 39.9 Å². The van der Waals surface area contributed by atoms with Gasteiger partial charge >= 0.3 is 13.8 Å². The van der Waals surface area contributed by atoms with Crippen LogP contribution in [0.2, 0.25) is 0 Å². The second-order valence-corrected chi connectivity index (χ2v) is 18.3. The molecular formula is C50H89O12P. The van der Waals surface area contributed by atoms with Gasteiger partial charge in [-0.15, -0.1) is 0 Å². The first-order valence-electron chi connectivity index (χ1n) is 24.6. The van der Waals surface area contributed by atoms with Crippen LogP contribution in [0.5, 0.6) is 0 Å². The number of carbonyl (C=O) groups excluding carboxylic acids is 1. The lowest BCUT2D eigenvalue weighted by atomic mass is 9.85. The summed E-state index contributed by atoms with van der Waals surface area (Å²) in [6, 6.07) is 0. The number of phosphoric ester groups is 1. The molecule has 12 nitrogen and oxygen atoms in total. The predicted octanol–water partition coefficient (Wildman–Crippen LogP) is 10.6. The lowest BCUT2D eigenvalue weighted by Crippen LogP contribution is -2.64. The lowest BCUT2D eigenvalue weighted by Gasteiger charge is -2.41. The van der Waals surface area contributed by atoms with E-state index >= 15 is 0 Å². The Balaban J connectivity index is 2.40. The first-order chi connectivity index (χ1) is 30.5. The highest BCUT2D eigenvalue weighted by molar-refractivity contribution is 7.47. The van der Waals surface area contributed by atoms with Gasteiger partial charge in [0.25, 0.3) is 0 Å². The van der Waals surface area contributed by atoms with Crippen LogP contribution in [0.4, 0.5) is 0 Å². The summed E-state index contributed by atoms with van der Waals surface area (Å²) in [6.07, 6.45) is 38.6. The van der Waals surface area contributed by atoms with E-state index in [2.05, 4.69) is 74.6 Å². The summed E-state index contributed by atoms with van der Waals surface area (Å²) < 4.78 is 34.2. The van der Waals surface area contributed by atoms with E-state index in [4.69, 9.17) is 18.5 Å². The van der Waals surface area contributed by atoms with E-state index in [0.717, 1.165) is 70.6 Å². The average molecular weight is 913 g/mol. The first kappa shape index (κ1) is 59.1. The summed E-state index contributed by atoms with van der Waals surface area (Å²) in [5.74, 6) is -0.492. The first-order valence-corrected chi connectivity index (χ1v) is 26.1. The number of phosphoric acid groups is 1. The molecule has 6 N–H and O–H groups in total. The third-order valence-corrected chi connectivity index (χ3v) is 12.1. The molecule has 63 heavy (non-hydrogen) atoms. The van der Waals surface area contributed by atoms with Gasteiger partial charge in [-0.2, -0.15) is 0 Å². The van der Waals surface area contributed by atoms with Crippen molar-refractivity contribution < 1.29 is 58.3 Å². The second kappa shape index (κ2) is 40.3. The molecule has 0 saturated heterocycles. The van der Waals surface area contributed by atoms with Crippen LogP contribution in [0.15, 0.2) is 60.8 Å². The van der Waals surface area contributed by atoms with Crippen molar-refractivity contribution in [3.63, 3.8) is 0 Å². The zero-order valence-corrected chi connectivity index (χ0v) is 40.0. The van der Waals surface area contributed by atoms with E-state index < -0.39 is 63.1 Å². The van der Waals surface area contributed by atoms with Crippen molar-refractivity contribution in [2.75, 3.05) is 19.8 Å². The molecule has 0 radical (unpaired) electrons. The Morgan fingerprint density at radius 1 is 0.524 bits per heavy atom. The molecule has 6 unspecified atom stereocenters. The molecule has 6 atom stereocenters. The summed E-state index contributed by atoms with van der Waals surface area (Å²) in [5.41, 5.74) is 0. The number of aliphatic hydroxyl groups is 5. The molecule has 1 aliphatic rings. The van der Waals surface area contributed by atoms with Gasteiger partial charge in [0, 0.05) is 13.0 Å². The van der Waals surface area contributed by atoms with Crippen LogP contribution < -0.4 is 0 Å². The Bertz CT molecular complexity index is 1270. The molecule has 0 bridgehead atoms. The van der Waals surface area contributed by atoms with Gasteiger partial charge in [-0.3, -0.25) is 13.8 Å². The Morgan fingerprint density at radius 3 is 1.40 bits per heavy atom. The molecular weight excluding hydrogens is 824 g/mol. The molecule has 1 fully saturated rings. The number of allylic oxidation sites excluding steroid dienone is 10. The number of ether oxygens (including phenoxy) is 2. The van der Waals surface area contributed by atoms with Crippen molar-refractivity contribution in [3.05, 3.63) is 60.8 Å². The molecule has 0 aromatic rings. The van der Waals surface area contributed by atoms with Crippen molar-refractivity contribution in [1.82, 2.24) is 0 Å². The summed E-state index contributed by atoms with van der Waals surface area (Å²) >= 11 is 0. The number of esters is 1. The molecule has 1 saturated carbocycles. The summed E-state index contributed by atoms with van der Waals surface area (Å²) in [4.78, 5) is 23.2. The summed E-state index contributed by atoms with van der Waals surface area (Å²) in [5, 5.41) is 50.2. The minimum atomic E-state index is -5.03. The fraction of sp³-hybridized carbons (Fsp3) is 0.780. The van der Waals surface area contributed by atoms with Crippen LogP contribution in [-0.4, -0.2) is 98.9 Å². The molecule has 0 aromatic heterocycles. The number of hydrogen-bond donors (Lipinski definition) is 6. The van der Waals surface area contributed by atoms with Gasteiger partial charge in [-0.1, -0.05) is 184 Å². The predicted molar refractivity (Wildman–Crippen MR) is 253 cm³/mol. The van der Waals surface area contributed by atoms with Crippen LogP contribution >= 0.6 is 7.82 Å². The average Bonchev–Trinajstić information content (AvgIpc) is 3.27. The zero-order valence-electron chi connectivity index (χ0n) is 39.1. The van der Waals surface area contributed by atoms with E-state index in [0.29, 0.717) is 13.0 Å². The molecule has 13 heteroatoms. The van der Waals surface area contributed by atoms with Gasteiger partial charge in [0.1, 0.15) is 42.7 Å². The van der Waals surface area contributed by atoms with Crippen LogP contribution in [0.1, 0.15) is 187 Å². The van der Waals surface area contributed by atoms with Crippen molar-refractivity contribution in [3.8, 4) is 0 Å². The van der Waals surface area contributed by atoms with Crippen LogP contribution in [0, 0.1) is 0 Å². The molecule has 1 rings (SSSR count). The van der Waals surface area contributed by atoms with E-state index in [1.807, 2.05) is 0 Å². The van der Waals surface area contributed by atoms with E-state index in [1.165, 1.54) is 89.9 Å². The van der Waals surface area contributed by atoms with Gasteiger partial charge in [0.15, 0.2) is 0 Å². The van der Waals surface area contributed by atoms with E-state index in [-0.39, 0.29) is 13.0 Å². The van der Waals surface area contributed by atoms with E-state index in [9.17, 15) is 39.8 Å². The van der Waals surface area contributed by atoms with Crippen LogP contribution in [0.25, 0.3) is 0 Å². The van der Waals surface area contributed by atoms with Crippen molar-refractivity contribution in [1.29, 1.82) is 0 Å². The molecule has 0 amide bonds. The van der Waals surface area contributed by atoms with Crippen LogP contribution in [-0.2, 0) is 27.9 Å². The normalized spacial score (nSPS) is 22.3. The maximum absolute atomic E-state index is 12.8. The third-order valence-electron chi connectivity index (χ3n) is 11.2. The van der Waals surface area contributed by atoms with E-state index in [1.54, 1.807) is 0 Å². The third kappa shape index (κ3) is 32.4. The number of hydrogen-bond acceptors (Lipinski definition) is 11. The Labute approximate surface area is 381 Å². The van der Waals surface area contributed by atoms with Crippen molar-refractivity contribution in [2.24, 2.45) is 0 Å². The highest BCUT2D eigenvalue weighted by Gasteiger charge is 2.51. The van der Waals surface area contributed by atoms with Crippen molar-refractivity contribution in [2.45, 2.75) is 230 Å². The molecule has 366 valence electrons. The zero-order chi connectivity index (χ0) is 46.2. The highest BCUT2D eigenvalue weighted by Crippen LogP contribution is 2.47. The fourth-order valence-corrected chi connectivity index (χ4v) is 8.24. The van der Waals surface area contributed by atoms with Gasteiger partial charge in [-0.05, 0) is 57.8 Å². The van der Waals surface area contributed by atoms with Gasteiger partial charge in [0.05, 0.1) is 13.2 Å². The molecule has 0 heterocycles. The SMILES string of the molecule is CC/C=C\C/C=C\C/C=C\C/C=C\C/C=C\CCCCOCC(COP(=O)(O)OC1C(O)C(O)C(O)C(O)C1O)OC(=O)CCCCCCCCCCCCCCCCCCCC. The largest absolute Gasteiger partial charge is 0.472 e. The summed E-state index contributed by atoms with van der Waals surface area (Å²) in [7, 11) is -5.03. The maximum Gasteiger partial charge on any atom is 0.472 e. The molecule has 0 spiro atoms. The standard InChI is InChI=1S/C50H89O12P/c1-3-5-7-9-11-13-15-17-19-21-23-25-27-29-31-33-35-37-39-44(51)61-43(42-60-63(57,58)62-50-48(55)46(53)45(52)47(54)49(50)56)41-59-40-38-36-34-32-30-28-26-24-22-20-18-16-14-12-10-8-6-4-2/h6,8,12,14,18,20,24,26,30,32,43,45-50,52-56H,3-5,7,9-11,13,15-17,19,21-23,25,27-29,31,33-42H2,1-2H3,(H,57,58)/b8-6-,14-12-,20-18-,26-24-,32-30-. The Kier molecular flexibility index (Phi) is 37.8.